The van der Waals surface area contributed by atoms with E-state index in [1.807, 2.05) is 31.2 Å². The van der Waals surface area contributed by atoms with Gasteiger partial charge in [-0.25, -0.2) is 5.84 Å². The lowest BCUT2D eigenvalue weighted by atomic mass is 10.2. The maximum atomic E-state index is 5.36. The highest BCUT2D eigenvalue weighted by molar-refractivity contribution is 5.93. The first-order chi connectivity index (χ1) is 7.81. The molecule has 0 aliphatic heterocycles. The number of nitrogens with one attached hydrogen (secondary N) is 2. The molecule has 0 amide bonds. The van der Waals surface area contributed by atoms with E-state index in [0.717, 1.165) is 11.3 Å². The predicted octanol–water partition coefficient (Wildman–Crippen LogP) is 1.08. The highest BCUT2D eigenvalue weighted by atomic mass is 16.5. The molecule has 16 heavy (non-hydrogen) atoms. The first kappa shape index (κ1) is 12.5. The average molecular weight is 222 g/mol. The van der Waals surface area contributed by atoms with Crippen molar-refractivity contribution in [1.29, 1.82) is 0 Å². The second-order valence-corrected chi connectivity index (χ2v) is 3.18. The van der Waals surface area contributed by atoms with Crippen LogP contribution < -0.4 is 16.6 Å². The molecule has 0 saturated heterocycles. The van der Waals surface area contributed by atoms with Crippen molar-refractivity contribution in [2.24, 2.45) is 10.8 Å². The number of methoxy groups -OCH3 is 1. The van der Waals surface area contributed by atoms with E-state index >= 15 is 0 Å². The van der Waals surface area contributed by atoms with Crippen LogP contribution in [0.3, 0.4) is 0 Å². The molecule has 88 valence electrons. The van der Waals surface area contributed by atoms with Crippen LogP contribution >= 0.6 is 0 Å². The first-order valence-corrected chi connectivity index (χ1v) is 5.16. The Labute approximate surface area is 95.7 Å². The van der Waals surface area contributed by atoms with Crippen LogP contribution in [0.15, 0.2) is 29.3 Å². The fourth-order valence-corrected chi connectivity index (χ4v) is 1.33. The molecule has 0 spiro atoms. The van der Waals surface area contributed by atoms with Gasteiger partial charge in [-0.3, -0.25) is 10.4 Å². The summed E-state index contributed by atoms with van der Waals surface area (Å²) in [6.07, 6.45) is 0. The maximum Gasteiger partial charge on any atom is 0.210 e. The van der Waals surface area contributed by atoms with Gasteiger partial charge in [-0.15, -0.1) is 0 Å². The summed E-state index contributed by atoms with van der Waals surface area (Å²) in [5.41, 5.74) is 4.52. The van der Waals surface area contributed by atoms with E-state index in [9.17, 15) is 0 Å². The molecular weight excluding hydrogens is 204 g/mol. The lowest BCUT2D eigenvalue weighted by molar-refractivity contribution is 0.185. The minimum atomic E-state index is 0.547. The number of rotatable bonds is 4. The Morgan fingerprint density at radius 2 is 2.19 bits per heavy atom. The molecule has 0 aromatic heterocycles. The summed E-state index contributed by atoms with van der Waals surface area (Å²) in [6.45, 7) is 3.16. The van der Waals surface area contributed by atoms with Crippen molar-refractivity contribution in [2.75, 3.05) is 19.0 Å². The number of para-hydroxylation sites is 1. The molecule has 5 heteroatoms. The smallest absolute Gasteiger partial charge is 0.210 e. The minimum absolute atomic E-state index is 0.547. The molecule has 1 rings (SSSR count). The van der Waals surface area contributed by atoms with Crippen molar-refractivity contribution in [3.8, 4) is 0 Å². The fourth-order valence-electron chi connectivity index (χ4n) is 1.33. The van der Waals surface area contributed by atoms with Crippen LogP contribution in [0.1, 0.15) is 12.5 Å². The standard InChI is InChI=1S/C11H18N4O/c1-3-13-11(15-12)14-10-7-5-4-6-9(10)8-16-2/h4-7H,3,8,12H2,1-2H3,(H2,13,14,15). The van der Waals surface area contributed by atoms with Gasteiger partial charge in [0.05, 0.1) is 6.61 Å². The Kier molecular flexibility index (Phi) is 5.31. The van der Waals surface area contributed by atoms with Crippen molar-refractivity contribution in [3.63, 3.8) is 0 Å². The van der Waals surface area contributed by atoms with E-state index in [0.29, 0.717) is 19.1 Å². The fraction of sp³-hybridized carbons (Fsp3) is 0.364. The molecule has 4 N–H and O–H groups in total. The number of benzene rings is 1. The SMILES string of the molecule is CCN=C(NN)Nc1ccccc1COC. The summed E-state index contributed by atoms with van der Waals surface area (Å²) < 4.78 is 5.11. The Balaban J connectivity index is 2.82. The van der Waals surface area contributed by atoms with Gasteiger partial charge < -0.3 is 10.1 Å². The highest BCUT2D eigenvalue weighted by Gasteiger charge is 2.03. The second kappa shape index (κ2) is 6.81. The number of nitrogens with zero attached hydrogens (tertiary/aromatic N) is 1. The lowest BCUT2D eigenvalue weighted by Gasteiger charge is -2.12. The molecule has 0 atom stereocenters. The van der Waals surface area contributed by atoms with Crippen LogP contribution in [-0.4, -0.2) is 19.6 Å². The number of nitrogens with two attached hydrogens (primary N) is 1. The van der Waals surface area contributed by atoms with E-state index in [4.69, 9.17) is 10.6 Å². The van der Waals surface area contributed by atoms with Crippen molar-refractivity contribution >= 4 is 11.6 Å². The quantitative estimate of drug-likeness (QED) is 0.308. The monoisotopic (exact) mass is 222 g/mol. The highest BCUT2D eigenvalue weighted by Crippen LogP contribution is 2.15. The largest absolute Gasteiger partial charge is 0.380 e. The summed E-state index contributed by atoms with van der Waals surface area (Å²) in [7, 11) is 1.67. The van der Waals surface area contributed by atoms with E-state index in [2.05, 4.69) is 15.7 Å². The normalized spacial score (nSPS) is 11.3. The van der Waals surface area contributed by atoms with E-state index < -0.39 is 0 Å². The summed E-state index contributed by atoms with van der Waals surface area (Å²) in [4.78, 5) is 4.17. The summed E-state index contributed by atoms with van der Waals surface area (Å²) >= 11 is 0. The van der Waals surface area contributed by atoms with Crippen LogP contribution in [0.25, 0.3) is 0 Å². The minimum Gasteiger partial charge on any atom is -0.380 e. The number of anilines is 1. The van der Waals surface area contributed by atoms with Crippen molar-refractivity contribution in [2.45, 2.75) is 13.5 Å². The lowest BCUT2D eigenvalue weighted by Crippen LogP contribution is -2.36. The van der Waals surface area contributed by atoms with Gasteiger partial charge in [0.25, 0.3) is 0 Å². The molecule has 0 unspecified atom stereocenters. The molecule has 0 aliphatic rings. The Bertz CT molecular complexity index is 352. The van der Waals surface area contributed by atoms with Crippen LogP contribution in [0.2, 0.25) is 0 Å². The average Bonchev–Trinajstić information content (AvgIpc) is 2.31. The van der Waals surface area contributed by atoms with Crippen molar-refractivity contribution in [1.82, 2.24) is 5.43 Å². The first-order valence-electron chi connectivity index (χ1n) is 5.16. The van der Waals surface area contributed by atoms with Gasteiger partial charge in [0.2, 0.25) is 5.96 Å². The number of aliphatic imine (C=N–C) groups is 1. The molecule has 0 bridgehead atoms. The molecular formula is C11H18N4O. The van der Waals surface area contributed by atoms with Crippen LogP contribution in [-0.2, 0) is 11.3 Å². The van der Waals surface area contributed by atoms with Crippen LogP contribution in [0, 0.1) is 0 Å². The van der Waals surface area contributed by atoms with Gasteiger partial charge in [0.15, 0.2) is 0 Å². The van der Waals surface area contributed by atoms with Gasteiger partial charge in [-0.2, -0.15) is 0 Å². The zero-order valence-corrected chi connectivity index (χ0v) is 9.66. The zero-order valence-electron chi connectivity index (χ0n) is 9.66. The molecule has 5 nitrogen and oxygen atoms in total. The second-order valence-electron chi connectivity index (χ2n) is 3.18. The van der Waals surface area contributed by atoms with Crippen molar-refractivity contribution in [3.05, 3.63) is 29.8 Å². The summed E-state index contributed by atoms with van der Waals surface area (Å²) in [5.74, 6) is 5.90. The third-order valence-electron chi connectivity index (χ3n) is 2.02. The van der Waals surface area contributed by atoms with Gasteiger partial charge >= 0.3 is 0 Å². The topological polar surface area (TPSA) is 71.7 Å². The van der Waals surface area contributed by atoms with Gasteiger partial charge in [0, 0.05) is 24.9 Å². The Morgan fingerprint density at radius 3 is 2.81 bits per heavy atom. The van der Waals surface area contributed by atoms with Gasteiger partial charge in [-0.05, 0) is 13.0 Å². The van der Waals surface area contributed by atoms with E-state index in [1.165, 1.54) is 0 Å². The molecule has 1 aromatic rings. The summed E-state index contributed by atoms with van der Waals surface area (Å²) in [6, 6.07) is 7.86. The molecule has 0 saturated carbocycles. The predicted molar refractivity (Wildman–Crippen MR) is 66.1 cm³/mol. The molecule has 0 fully saturated rings. The molecule has 0 radical (unpaired) electrons. The molecule has 0 heterocycles. The maximum absolute atomic E-state index is 5.36. The summed E-state index contributed by atoms with van der Waals surface area (Å²) in [5, 5.41) is 3.12. The Hall–Kier alpha value is -1.59. The number of hydrazine groups is 1. The molecule has 0 aliphatic carbocycles. The van der Waals surface area contributed by atoms with Crippen LogP contribution in [0.4, 0.5) is 5.69 Å². The Morgan fingerprint density at radius 1 is 1.44 bits per heavy atom. The number of guanidine groups is 1. The van der Waals surface area contributed by atoms with Gasteiger partial charge in [-0.1, -0.05) is 18.2 Å². The van der Waals surface area contributed by atoms with Crippen LogP contribution in [0.5, 0.6) is 0 Å². The number of ether oxygens (including phenoxy) is 1. The van der Waals surface area contributed by atoms with Gasteiger partial charge in [0.1, 0.15) is 0 Å². The number of hydrogen-bond donors (Lipinski definition) is 3. The third kappa shape index (κ3) is 3.52. The third-order valence-corrected chi connectivity index (χ3v) is 2.02. The van der Waals surface area contributed by atoms with E-state index in [1.54, 1.807) is 7.11 Å². The number of hydrogen-bond acceptors (Lipinski definition) is 3. The zero-order chi connectivity index (χ0) is 11.8. The van der Waals surface area contributed by atoms with Crippen molar-refractivity contribution < 1.29 is 4.74 Å². The molecule has 1 aromatic carbocycles. The van der Waals surface area contributed by atoms with E-state index in [-0.39, 0.29) is 0 Å².